The van der Waals surface area contributed by atoms with Crippen LogP contribution in [0.4, 0.5) is 0 Å². The first-order chi connectivity index (χ1) is 8.56. The van der Waals surface area contributed by atoms with E-state index in [4.69, 9.17) is 5.11 Å². The first-order valence-electron chi connectivity index (χ1n) is 5.13. The van der Waals surface area contributed by atoms with Gasteiger partial charge in [0.1, 0.15) is 11.3 Å². The Morgan fingerprint density at radius 1 is 1.39 bits per heavy atom. The molecule has 2 aromatic rings. The van der Waals surface area contributed by atoms with Crippen molar-refractivity contribution in [3.8, 4) is 5.75 Å². The van der Waals surface area contributed by atoms with Crippen LogP contribution in [0.15, 0.2) is 41.6 Å². The van der Waals surface area contributed by atoms with Gasteiger partial charge in [-0.25, -0.2) is 4.79 Å². The highest BCUT2D eigenvalue weighted by atomic mass is 16.4. The monoisotopic (exact) mass is 246 g/mol. The molecule has 0 aliphatic carbocycles. The van der Waals surface area contributed by atoms with Crippen molar-refractivity contribution in [2.45, 2.75) is 6.54 Å². The summed E-state index contributed by atoms with van der Waals surface area (Å²) < 4.78 is 1.47. The zero-order chi connectivity index (χ0) is 13.1. The van der Waals surface area contributed by atoms with Gasteiger partial charge in [0.15, 0.2) is 0 Å². The third-order valence-corrected chi connectivity index (χ3v) is 2.35. The van der Waals surface area contributed by atoms with Gasteiger partial charge in [0.05, 0.1) is 6.33 Å². The molecular weight excluding hydrogens is 236 g/mol. The summed E-state index contributed by atoms with van der Waals surface area (Å²) in [6.07, 6.45) is 2.49. The minimum absolute atomic E-state index is 0.125. The van der Waals surface area contributed by atoms with E-state index < -0.39 is 11.5 Å². The summed E-state index contributed by atoms with van der Waals surface area (Å²) >= 11 is 0. The lowest BCUT2D eigenvalue weighted by atomic mass is 10.2. The Labute approximate surface area is 102 Å². The molecule has 1 aromatic carbocycles. The Morgan fingerprint density at radius 3 is 2.83 bits per heavy atom. The zero-order valence-corrected chi connectivity index (χ0v) is 9.28. The number of aromatic carboxylic acids is 1. The van der Waals surface area contributed by atoms with Gasteiger partial charge in [0, 0.05) is 12.7 Å². The number of carboxylic acids is 1. The summed E-state index contributed by atoms with van der Waals surface area (Å²) in [7, 11) is 0. The first-order valence-corrected chi connectivity index (χ1v) is 5.13. The van der Waals surface area contributed by atoms with Crippen molar-refractivity contribution in [3.63, 3.8) is 0 Å². The summed E-state index contributed by atoms with van der Waals surface area (Å²) in [5.41, 5.74) is -0.371. The zero-order valence-electron chi connectivity index (χ0n) is 9.28. The maximum absolute atomic E-state index is 11.2. The van der Waals surface area contributed by atoms with E-state index in [2.05, 4.69) is 4.98 Å². The molecule has 2 rings (SSSR count). The van der Waals surface area contributed by atoms with Gasteiger partial charge < -0.3 is 14.8 Å². The van der Waals surface area contributed by atoms with Crippen LogP contribution in [0, 0.1) is 0 Å². The predicted molar refractivity (Wildman–Crippen MR) is 62.7 cm³/mol. The fourth-order valence-electron chi connectivity index (χ4n) is 1.55. The average Bonchev–Trinajstić information content (AvgIpc) is 2.31. The molecule has 0 fully saturated rings. The van der Waals surface area contributed by atoms with Crippen molar-refractivity contribution >= 4 is 5.97 Å². The maximum atomic E-state index is 11.2. The lowest BCUT2D eigenvalue weighted by Crippen LogP contribution is -2.20. The van der Waals surface area contributed by atoms with Crippen molar-refractivity contribution < 1.29 is 15.0 Å². The molecule has 0 spiro atoms. The molecule has 1 aromatic heterocycles. The molecule has 1 heterocycles. The van der Waals surface area contributed by atoms with E-state index in [-0.39, 0.29) is 11.3 Å². The van der Waals surface area contributed by atoms with Gasteiger partial charge in [-0.1, -0.05) is 12.1 Å². The van der Waals surface area contributed by atoms with E-state index in [0.29, 0.717) is 6.54 Å². The van der Waals surface area contributed by atoms with Crippen molar-refractivity contribution in [2.75, 3.05) is 0 Å². The van der Waals surface area contributed by atoms with E-state index in [1.54, 1.807) is 18.2 Å². The number of carboxylic acid groups (broad SMARTS) is 1. The van der Waals surface area contributed by atoms with Gasteiger partial charge in [-0.05, 0) is 17.7 Å². The molecule has 0 radical (unpaired) electrons. The second-order valence-electron chi connectivity index (χ2n) is 3.74. The van der Waals surface area contributed by atoms with Gasteiger partial charge in [-0.15, -0.1) is 0 Å². The predicted octanol–water partition coefficient (Wildman–Crippen LogP) is 0.695. The second-order valence-corrected chi connectivity index (χ2v) is 3.74. The van der Waals surface area contributed by atoms with Crippen molar-refractivity contribution in [2.24, 2.45) is 0 Å². The highest BCUT2D eigenvalue weighted by Crippen LogP contribution is 2.11. The van der Waals surface area contributed by atoms with Crippen LogP contribution < -0.4 is 5.56 Å². The third kappa shape index (κ3) is 2.54. The lowest BCUT2D eigenvalue weighted by Gasteiger charge is -2.06. The molecule has 0 aliphatic rings. The molecule has 0 saturated carbocycles. The number of hydrogen-bond donors (Lipinski definition) is 2. The minimum Gasteiger partial charge on any atom is -0.508 e. The molecule has 92 valence electrons. The molecule has 0 saturated heterocycles. The number of hydrogen-bond acceptors (Lipinski definition) is 4. The highest BCUT2D eigenvalue weighted by Gasteiger charge is 2.09. The smallest absolute Gasteiger partial charge is 0.342 e. The molecule has 0 bridgehead atoms. The number of benzene rings is 1. The summed E-state index contributed by atoms with van der Waals surface area (Å²) in [6, 6.07) is 6.55. The average molecular weight is 246 g/mol. The molecule has 6 nitrogen and oxygen atoms in total. The standard InChI is InChI=1S/C12H10N2O4/c15-9-3-1-2-8(4-9)5-14-6-10(12(17)18)11(16)13-7-14/h1-4,6-7,15H,5H2,(H,17,18). The molecule has 6 heteroatoms. The van der Waals surface area contributed by atoms with Crippen LogP contribution >= 0.6 is 0 Å². The van der Waals surface area contributed by atoms with E-state index in [1.807, 2.05) is 0 Å². The number of phenols is 1. The number of aromatic hydroxyl groups is 1. The Hall–Kier alpha value is -2.63. The summed E-state index contributed by atoms with van der Waals surface area (Å²) in [5.74, 6) is -1.18. The fourth-order valence-corrected chi connectivity index (χ4v) is 1.55. The third-order valence-electron chi connectivity index (χ3n) is 2.35. The lowest BCUT2D eigenvalue weighted by molar-refractivity contribution is 0.0693. The number of nitrogens with zero attached hydrogens (tertiary/aromatic N) is 2. The topological polar surface area (TPSA) is 92.4 Å². The van der Waals surface area contributed by atoms with Crippen LogP contribution in [0.2, 0.25) is 0 Å². The largest absolute Gasteiger partial charge is 0.508 e. The van der Waals surface area contributed by atoms with Crippen molar-refractivity contribution in [1.29, 1.82) is 0 Å². The van der Waals surface area contributed by atoms with Crippen LogP contribution in [-0.4, -0.2) is 25.7 Å². The molecule has 0 aliphatic heterocycles. The van der Waals surface area contributed by atoms with Crippen molar-refractivity contribution in [3.05, 3.63) is 58.3 Å². The van der Waals surface area contributed by atoms with Gasteiger partial charge in [-0.3, -0.25) is 4.79 Å². The van der Waals surface area contributed by atoms with Gasteiger partial charge in [-0.2, -0.15) is 4.98 Å². The number of phenolic OH excluding ortho intramolecular Hbond substituents is 1. The number of rotatable bonds is 3. The fraction of sp³-hybridized carbons (Fsp3) is 0.0833. The summed E-state index contributed by atoms with van der Waals surface area (Å²) in [5, 5.41) is 18.1. The maximum Gasteiger partial charge on any atom is 0.342 e. The molecule has 0 atom stereocenters. The van der Waals surface area contributed by atoms with Crippen molar-refractivity contribution in [1.82, 2.24) is 9.55 Å². The number of carbonyl (C=O) groups is 1. The minimum atomic E-state index is -1.31. The normalized spacial score (nSPS) is 10.2. The van der Waals surface area contributed by atoms with Crippen LogP contribution in [0.25, 0.3) is 0 Å². The van der Waals surface area contributed by atoms with Gasteiger partial charge in [0.2, 0.25) is 0 Å². The van der Waals surface area contributed by atoms with E-state index >= 15 is 0 Å². The van der Waals surface area contributed by atoms with E-state index in [1.165, 1.54) is 23.2 Å². The van der Waals surface area contributed by atoms with E-state index in [9.17, 15) is 14.7 Å². The van der Waals surface area contributed by atoms with Crippen LogP contribution in [-0.2, 0) is 6.54 Å². The Morgan fingerprint density at radius 2 is 2.17 bits per heavy atom. The van der Waals surface area contributed by atoms with Gasteiger partial charge >= 0.3 is 5.97 Å². The molecule has 0 amide bonds. The van der Waals surface area contributed by atoms with Crippen LogP contribution in [0.1, 0.15) is 15.9 Å². The summed E-state index contributed by atoms with van der Waals surface area (Å²) in [6.45, 7) is 0.321. The number of aromatic nitrogens is 2. The first kappa shape index (κ1) is 11.8. The second kappa shape index (κ2) is 4.70. The SMILES string of the molecule is O=C(O)c1cn(Cc2cccc(O)c2)cnc1=O. The molecular formula is C12H10N2O4. The van der Waals surface area contributed by atoms with Gasteiger partial charge in [0.25, 0.3) is 5.56 Å². The molecule has 18 heavy (non-hydrogen) atoms. The van der Waals surface area contributed by atoms with E-state index in [0.717, 1.165) is 5.56 Å². The summed E-state index contributed by atoms with van der Waals surface area (Å²) in [4.78, 5) is 25.4. The molecule has 2 N–H and O–H groups in total. The van der Waals surface area contributed by atoms with Crippen LogP contribution in [0.3, 0.4) is 0 Å². The Bertz CT molecular complexity index is 649. The Kier molecular flexibility index (Phi) is 3.09. The highest BCUT2D eigenvalue weighted by molar-refractivity contribution is 5.86. The quantitative estimate of drug-likeness (QED) is 0.831. The molecule has 0 unspecified atom stereocenters. The van der Waals surface area contributed by atoms with Crippen LogP contribution in [0.5, 0.6) is 5.75 Å². The Balaban J connectivity index is 2.33.